The molecule has 0 aliphatic heterocycles. The van der Waals surface area contributed by atoms with Crippen molar-refractivity contribution in [2.75, 3.05) is 0 Å². The van der Waals surface area contributed by atoms with Crippen molar-refractivity contribution >= 4 is 5.91 Å². The highest BCUT2D eigenvalue weighted by Gasteiger charge is 2.14. The van der Waals surface area contributed by atoms with E-state index in [0.29, 0.717) is 18.7 Å². The van der Waals surface area contributed by atoms with Crippen LogP contribution in [0.2, 0.25) is 0 Å². The van der Waals surface area contributed by atoms with Gasteiger partial charge in [0.2, 0.25) is 0 Å². The van der Waals surface area contributed by atoms with Crippen molar-refractivity contribution < 1.29 is 4.79 Å². The minimum absolute atomic E-state index is 0.124. The molecule has 0 bridgehead atoms. The highest BCUT2D eigenvalue weighted by Crippen LogP contribution is 2.12. The topological polar surface area (TPSA) is 64.7 Å². The Bertz CT molecular complexity index is 1070. The molecule has 0 unspecified atom stereocenters. The van der Waals surface area contributed by atoms with E-state index in [1.54, 1.807) is 17.1 Å². The van der Waals surface area contributed by atoms with Crippen molar-refractivity contribution in [3.05, 3.63) is 102 Å². The van der Waals surface area contributed by atoms with Gasteiger partial charge in [0.25, 0.3) is 5.91 Å². The summed E-state index contributed by atoms with van der Waals surface area (Å²) in [4.78, 5) is 12.6. The van der Waals surface area contributed by atoms with Crippen LogP contribution < -0.4 is 5.32 Å². The van der Waals surface area contributed by atoms with E-state index in [0.717, 1.165) is 22.5 Å². The lowest BCUT2D eigenvalue weighted by molar-refractivity contribution is 0.0950. The standard InChI is InChI=1S/C22H21N5O/c1-17-21(15-25-27(17)16-18-7-3-2-4-8-18)22(28)23-14-19-9-5-10-20(13-19)26-12-6-11-24-26/h2-13,15H,14,16H2,1H3,(H,23,28). The lowest BCUT2D eigenvalue weighted by Crippen LogP contribution is -2.23. The molecule has 2 aromatic carbocycles. The molecule has 1 amide bonds. The van der Waals surface area contributed by atoms with Crippen LogP contribution in [0.15, 0.2) is 79.3 Å². The van der Waals surface area contributed by atoms with Gasteiger partial charge in [0.15, 0.2) is 0 Å². The monoisotopic (exact) mass is 371 g/mol. The molecule has 0 saturated heterocycles. The SMILES string of the molecule is Cc1c(C(=O)NCc2cccc(-n3cccn3)c2)cnn1Cc1ccccc1. The molecular formula is C22H21N5O. The molecule has 4 rings (SSSR count). The van der Waals surface area contributed by atoms with E-state index < -0.39 is 0 Å². The van der Waals surface area contributed by atoms with Crippen molar-refractivity contribution in [1.82, 2.24) is 24.9 Å². The first-order chi connectivity index (χ1) is 13.7. The fraction of sp³-hybridized carbons (Fsp3) is 0.136. The van der Waals surface area contributed by atoms with Crippen LogP contribution in [-0.4, -0.2) is 25.5 Å². The molecule has 0 spiro atoms. The van der Waals surface area contributed by atoms with Crippen molar-refractivity contribution in [3.63, 3.8) is 0 Å². The van der Waals surface area contributed by atoms with Crippen LogP contribution in [0.25, 0.3) is 5.69 Å². The molecule has 2 aromatic heterocycles. The average molecular weight is 371 g/mol. The minimum Gasteiger partial charge on any atom is -0.348 e. The third kappa shape index (κ3) is 3.86. The Balaban J connectivity index is 1.43. The number of hydrogen-bond acceptors (Lipinski definition) is 3. The molecule has 0 fully saturated rings. The Labute approximate surface area is 163 Å². The molecule has 4 aromatic rings. The molecule has 0 atom stereocenters. The summed E-state index contributed by atoms with van der Waals surface area (Å²) >= 11 is 0. The summed E-state index contributed by atoms with van der Waals surface area (Å²) in [5.74, 6) is -0.124. The molecule has 1 N–H and O–H groups in total. The molecular weight excluding hydrogens is 350 g/mol. The van der Waals surface area contributed by atoms with Crippen LogP contribution in [0.1, 0.15) is 27.2 Å². The number of nitrogens with zero attached hydrogens (tertiary/aromatic N) is 4. The van der Waals surface area contributed by atoms with Gasteiger partial charge in [0.05, 0.1) is 24.0 Å². The maximum atomic E-state index is 12.6. The van der Waals surface area contributed by atoms with E-state index in [1.807, 2.05) is 78.5 Å². The molecule has 28 heavy (non-hydrogen) atoms. The molecule has 6 nitrogen and oxygen atoms in total. The number of benzene rings is 2. The normalized spacial score (nSPS) is 10.8. The summed E-state index contributed by atoms with van der Waals surface area (Å²) in [6, 6.07) is 19.9. The van der Waals surface area contributed by atoms with Crippen molar-refractivity contribution in [1.29, 1.82) is 0 Å². The van der Waals surface area contributed by atoms with Crippen LogP contribution >= 0.6 is 0 Å². The second-order valence-electron chi connectivity index (χ2n) is 6.59. The summed E-state index contributed by atoms with van der Waals surface area (Å²) in [7, 11) is 0. The van der Waals surface area contributed by atoms with Crippen LogP contribution in [0, 0.1) is 6.92 Å². The number of carbonyl (C=O) groups is 1. The van der Waals surface area contributed by atoms with Crippen molar-refractivity contribution in [3.8, 4) is 5.69 Å². The summed E-state index contributed by atoms with van der Waals surface area (Å²) in [5, 5.41) is 11.6. The second kappa shape index (κ2) is 7.92. The van der Waals surface area contributed by atoms with Gasteiger partial charge in [-0.2, -0.15) is 10.2 Å². The molecule has 0 radical (unpaired) electrons. The van der Waals surface area contributed by atoms with E-state index in [4.69, 9.17) is 0 Å². The number of rotatable bonds is 6. The molecule has 2 heterocycles. The second-order valence-corrected chi connectivity index (χ2v) is 6.59. The quantitative estimate of drug-likeness (QED) is 0.565. The van der Waals surface area contributed by atoms with E-state index in [-0.39, 0.29) is 5.91 Å². The van der Waals surface area contributed by atoms with Gasteiger partial charge >= 0.3 is 0 Å². The first-order valence-corrected chi connectivity index (χ1v) is 9.14. The third-order valence-electron chi connectivity index (χ3n) is 4.66. The average Bonchev–Trinajstić information content (AvgIpc) is 3.38. The van der Waals surface area contributed by atoms with Crippen LogP contribution in [0.5, 0.6) is 0 Å². The Hall–Kier alpha value is -3.67. The molecule has 140 valence electrons. The summed E-state index contributed by atoms with van der Waals surface area (Å²) in [5.41, 5.74) is 4.57. The maximum absolute atomic E-state index is 12.6. The Morgan fingerprint density at radius 3 is 2.61 bits per heavy atom. The smallest absolute Gasteiger partial charge is 0.255 e. The van der Waals surface area contributed by atoms with E-state index in [1.165, 1.54) is 0 Å². The fourth-order valence-electron chi connectivity index (χ4n) is 3.09. The zero-order valence-electron chi connectivity index (χ0n) is 15.6. The van der Waals surface area contributed by atoms with Crippen LogP contribution in [-0.2, 0) is 13.1 Å². The summed E-state index contributed by atoms with van der Waals surface area (Å²) in [6.45, 7) is 3.01. The maximum Gasteiger partial charge on any atom is 0.255 e. The van der Waals surface area contributed by atoms with Crippen molar-refractivity contribution in [2.24, 2.45) is 0 Å². The van der Waals surface area contributed by atoms with E-state index >= 15 is 0 Å². The number of aromatic nitrogens is 4. The zero-order chi connectivity index (χ0) is 19.3. The van der Waals surface area contributed by atoms with Gasteiger partial charge in [-0.3, -0.25) is 9.48 Å². The Morgan fingerprint density at radius 1 is 1.00 bits per heavy atom. The van der Waals surface area contributed by atoms with Gasteiger partial charge < -0.3 is 5.32 Å². The van der Waals surface area contributed by atoms with E-state index in [9.17, 15) is 4.79 Å². The zero-order valence-corrected chi connectivity index (χ0v) is 15.6. The largest absolute Gasteiger partial charge is 0.348 e. The van der Waals surface area contributed by atoms with Gasteiger partial charge in [-0.15, -0.1) is 0 Å². The summed E-state index contributed by atoms with van der Waals surface area (Å²) in [6.07, 6.45) is 5.26. The predicted octanol–water partition coefficient (Wildman–Crippen LogP) is 3.36. The molecule has 0 saturated carbocycles. The minimum atomic E-state index is -0.124. The Morgan fingerprint density at radius 2 is 1.82 bits per heavy atom. The number of hydrogen-bond donors (Lipinski definition) is 1. The fourth-order valence-corrected chi connectivity index (χ4v) is 3.09. The van der Waals surface area contributed by atoms with Gasteiger partial charge in [-0.25, -0.2) is 4.68 Å². The van der Waals surface area contributed by atoms with Crippen LogP contribution in [0.4, 0.5) is 0 Å². The van der Waals surface area contributed by atoms with E-state index in [2.05, 4.69) is 15.5 Å². The number of amides is 1. The number of carbonyl (C=O) groups excluding carboxylic acids is 1. The van der Waals surface area contributed by atoms with Gasteiger partial charge in [0, 0.05) is 24.6 Å². The molecule has 6 heteroatoms. The lowest BCUT2D eigenvalue weighted by Gasteiger charge is -2.08. The first-order valence-electron chi connectivity index (χ1n) is 9.14. The van der Waals surface area contributed by atoms with Crippen molar-refractivity contribution in [2.45, 2.75) is 20.0 Å². The molecule has 0 aliphatic carbocycles. The van der Waals surface area contributed by atoms with Gasteiger partial charge in [-0.1, -0.05) is 42.5 Å². The van der Waals surface area contributed by atoms with Gasteiger partial charge in [-0.05, 0) is 36.2 Å². The highest BCUT2D eigenvalue weighted by atomic mass is 16.1. The van der Waals surface area contributed by atoms with Crippen LogP contribution in [0.3, 0.4) is 0 Å². The van der Waals surface area contributed by atoms with Gasteiger partial charge in [0.1, 0.15) is 0 Å². The first kappa shape index (κ1) is 17.7. The summed E-state index contributed by atoms with van der Waals surface area (Å²) < 4.78 is 3.64. The third-order valence-corrected chi connectivity index (χ3v) is 4.66. The Kier molecular flexibility index (Phi) is 5.01. The lowest BCUT2D eigenvalue weighted by atomic mass is 10.2. The number of nitrogens with one attached hydrogen (secondary N) is 1. The predicted molar refractivity (Wildman–Crippen MR) is 107 cm³/mol. The highest BCUT2D eigenvalue weighted by molar-refractivity contribution is 5.95. The molecule has 0 aliphatic rings.